The third kappa shape index (κ3) is 2.91. The second-order valence-electron chi connectivity index (χ2n) is 4.62. The Bertz CT molecular complexity index is 189. The standard InChI is InChI=1S/C11H23N4/c1-3-14-5-4-12-11(10-14)15-8-6-13(2)7-9-15/h11H,3-10H2,1-2H3. The largest absolute Gasteiger partial charge is 0.304 e. The summed E-state index contributed by atoms with van der Waals surface area (Å²) in [5.74, 6) is 0. The summed E-state index contributed by atoms with van der Waals surface area (Å²) >= 11 is 0. The molecule has 87 valence electrons. The lowest BCUT2D eigenvalue weighted by Crippen LogP contribution is -2.59. The van der Waals surface area contributed by atoms with Crippen LogP contribution in [-0.4, -0.2) is 80.3 Å². The minimum absolute atomic E-state index is 0.465. The predicted octanol–water partition coefficient (Wildman–Crippen LogP) is -0.500. The van der Waals surface area contributed by atoms with E-state index in [4.69, 9.17) is 5.32 Å². The van der Waals surface area contributed by atoms with E-state index in [9.17, 15) is 0 Å². The first-order valence-electron chi connectivity index (χ1n) is 6.11. The van der Waals surface area contributed by atoms with Crippen LogP contribution in [0.4, 0.5) is 0 Å². The van der Waals surface area contributed by atoms with Gasteiger partial charge in [-0.25, -0.2) is 5.32 Å². The van der Waals surface area contributed by atoms with Gasteiger partial charge in [0.25, 0.3) is 0 Å². The molecule has 0 amide bonds. The van der Waals surface area contributed by atoms with Crippen molar-refractivity contribution in [3.63, 3.8) is 0 Å². The molecule has 0 spiro atoms. The van der Waals surface area contributed by atoms with E-state index in [-0.39, 0.29) is 0 Å². The molecule has 0 saturated carbocycles. The molecule has 15 heavy (non-hydrogen) atoms. The van der Waals surface area contributed by atoms with Gasteiger partial charge in [0.05, 0.1) is 6.17 Å². The summed E-state index contributed by atoms with van der Waals surface area (Å²) in [6, 6.07) is 0. The molecule has 0 aliphatic carbocycles. The van der Waals surface area contributed by atoms with E-state index in [0.717, 1.165) is 19.6 Å². The Morgan fingerprint density at radius 3 is 2.53 bits per heavy atom. The number of nitrogens with zero attached hydrogens (tertiary/aromatic N) is 4. The number of hydrogen-bond donors (Lipinski definition) is 0. The minimum Gasteiger partial charge on any atom is -0.304 e. The highest BCUT2D eigenvalue weighted by molar-refractivity contribution is 4.81. The first-order valence-corrected chi connectivity index (χ1v) is 6.11. The lowest BCUT2D eigenvalue weighted by Gasteiger charge is -2.42. The number of hydrogen-bond acceptors (Lipinski definition) is 3. The summed E-state index contributed by atoms with van der Waals surface area (Å²) in [4.78, 5) is 7.45. The molecule has 2 heterocycles. The molecule has 2 aliphatic rings. The Hall–Kier alpha value is -0.160. The minimum atomic E-state index is 0.465. The van der Waals surface area contributed by atoms with Gasteiger partial charge in [-0.2, -0.15) is 0 Å². The van der Waals surface area contributed by atoms with E-state index < -0.39 is 0 Å². The lowest BCUT2D eigenvalue weighted by atomic mass is 10.2. The summed E-state index contributed by atoms with van der Waals surface area (Å²) in [6.45, 7) is 11.5. The van der Waals surface area contributed by atoms with Gasteiger partial charge < -0.3 is 4.90 Å². The fourth-order valence-electron chi connectivity index (χ4n) is 2.37. The van der Waals surface area contributed by atoms with Crippen molar-refractivity contribution in [3.05, 3.63) is 0 Å². The first kappa shape index (κ1) is 11.3. The molecular weight excluding hydrogens is 188 g/mol. The van der Waals surface area contributed by atoms with E-state index >= 15 is 0 Å². The van der Waals surface area contributed by atoms with Crippen molar-refractivity contribution in [2.24, 2.45) is 0 Å². The summed E-state index contributed by atoms with van der Waals surface area (Å²) < 4.78 is 0. The molecule has 0 bridgehead atoms. The normalized spacial score (nSPS) is 32.0. The highest BCUT2D eigenvalue weighted by Gasteiger charge is 2.26. The van der Waals surface area contributed by atoms with Crippen LogP contribution >= 0.6 is 0 Å². The van der Waals surface area contributed by atoms with Gasteiger partial charge in [0, 0.05) is 45.8 Å². The van der Waals surface area contributed by atoms with Crippen LogP contribution in [0.5, 0.6) is 0 Å². The third-order valence-electron chi connectivity index (χ3n) is 3.58. The zero-order valence-corrected chi connectivity index (χ0v) is 10.0. The summed E-state index contributed by atoms with van der Waals surface area (Å²) in [5.41, 5.74) is 0. The second kappa shape index (κ2) is 5.25. The van der Waals surface area contributed by atoms with Crippen LogP contribution in [-0.2, 0) is 0 Å². The van der Waals surface area contributed by atoms with Gasteiger partial charge >= 0.3 is 0 Å². The quantitative estimate of drug-likeness (QED) is 0.615. The Kier molecular flexibility index (Phi) is 3.97. The van der Waals surface area contributed by atoms with Crippen LogP contribution in [0.25, 0.3) is 0 Å². The Balaban J connectivity index is 1.82. The Labute approximate surface area is 93.2 Å². The molecule has 2 aliphatic heterocycles. The van der Waals surface area contributed by atoms with Gasteiger partial charge in [-0.1, -0.05) is 6.92 Å². The van der Waals surface area contributed by atoms with Gasteiger partial charge in [0.1, 0.15) is 0 Å². The van der Waals surface area contributed by atoms with Crippen molar-refractivity contribution in [1.29, 1.82) is 0 Å². The van der Waals surface area contributed by atoms with Crippen molar-refractivity contribution in [1.82, 2.24) is 20.0 Å². The second-order valence-corrected chi connectivity index (χ2v) is 4.62. The smallest absolute Gasteiger partial charge is 0.0891 e. The van der Waals surface area contributed by atoms with Gasteiger partial charge in [-0.05, 0) is 13.6 Å². The topological polar surface area (TPSA) is 23.8 Å². The molecule has 4 heteroatoms. The van der Waals surface area contributed by atoms with Crippen LogP contribution in [0.15, 0.2) is 0 Å². The Morgan fingerprint density at radius 2 is 1.87 bits per heavy atom. The van der Waals surface area contributed by atoms with Crippen molar-refractivity contribution in [2.45, 2.75) is 13.1 Å². The van der Waals surface area contributed by atoms with Gasteiger partial charge in [-0.3, -0.25) is 9.80 Å². The predicted molar refractivity (Wildman–Crippen MR) is 62.0 cm³/mol. The van der Waals surface area contributed by atoms with Crippen LogP contribution < -0.4 is 5.32 Å². The van der Waals surface area contributed by atoms with Gasteiger partial charge in [0.2, 0.25) is 0 Å². The molecule has 4 nitrogen and oxygen atoms in total. The highest BCUT2D eigenvalue weighted by atomic mass is 15.4. The maximum atomic E-state index is 4.74. The van der Waals surface area contributed by atoms with E-state index in [1.807, 2.05) is 0 Å². The van der Waals surface area contributed by atoms with E-state index in [2.05, 4.69) is 28.7 Å². The van der Waals surface area contributed by atoms with Crippen molar-refractivity contribution < 1.29 is 0 Å². The van der Waals surface area contributed by atoms with Crippen molar-refractivity contribution in [3.8, 4) is 0 Å². The number of likely N-dealkylation sites (N-methyl/N-ethyl adjacent to an activating group) is 2. The average Bonchev–Trinajstić information content (AvgIpc) is 2.30. The molecule has 2 fully saturated rings. The van der Waals surface area contributed by atoms with Crippen LogP contribution in [0.1, 0.15) is 6.92 Å². The number of rotatable bonds is 2. The molecule has 0 aromatic heterocycles. The lowest BCUT2D eigenvalue weighted by molar-refractivity contribution is 0.0480. The number of piperazine rings is 2. The van der Waals surface area contributed by atoms with Crippen molar-refractivity contribution in [2.75, 3.05) is 59.4 Å². The third-order valence-corrected chi connectivity index (χ3v) is 3.58. The molecule has 0 aromatic rings. The first-order chi connectivity index (χ1) is 7.29. The monoisotopic (exact) mass is 211 g/mol. The summed E-state index contributed by atoms with van der Waals surface area (Å²) in [7, 11) is 2.20. The van der Waals surface area contributed by atoms with Crippen LogP contribution in [0.3, 0.4) is 0 Å². The molecule has 1 radical (unpaired) electrons. The zero-order valence-electron chi connectivity index (χ0n) is 10.0. The highest BCUT2D eigenvalue weighted by Crippen LogP contribution is 2.08. The Morgan fingerprint density at radius 1 is 1.13 bits per heavy atom. The molecule has 1 unspecified atom stereocenters. The van der Waals surface area contributed by atoms with Crippen molar-refractivity contribution >= 4 is 0 Å². The van der Waals surface area contributed by atoms with Crippen LogP contribution in [0, 0.1) is 0 Å². The SMILES string of the molecule is CCN1CC[N]C(N2CCN(C)CC2)C1. The fraction of sp³-hybridized carbons (Fsp3) is 1.00. The molecular formula is C11H23N4. The maximum absolute atomic E-state index is 4.74. The maximum Gasteiger partial charge on any atom is 0.0891 e. The molecule has 1 atom stereocenters. The molecule has 0 aromatic carbocycles. The van der Waals surface area contributed by atoms with Gasteiger partial charge in [0.15, 0.2) is 0 Å². The van der Waals surface area contributed by atoms with E-state index in [1.54, 1.807) is 0 Å². The van der Waals surface area contributed by atoms with Crippen LogP contribution in [0.2, 0.25) is 0 Å². The fourth-order valence-corrected chi connectivity index (χ4v) is 2.37. The molecule has 0 N–H and O–H groups in total. The molecule has 2 rings (SSSR count). The van der Waals surface area contributed by atoms with E-state index in [1.165, 1.54) is 32.7 Å². The van der Waals surface area contributed by atoms with Gasteiger partial charge in [-0.15, -0.1) is 0 Å². The summed E-state index contributed by atoms with van der Waals surface area (Å²) in [5, 5.41) is 4.74. The molecule has 2 saturated heterocycles. The summed E-state index contributed by atoms with van der Waals surface area (Å²) in [6.07, 6.45) is 0.465. The average molecular weight is 211 g/mol. The zero-order chi connectivity index (χ0) is 10.7. The van der Waals surface area contributed by atoms with E-state index in [0.29, 0.717) is 6.17 Å².